The Bertz CT molecular complexity index is 850. The van der Waals surface area contributed by atoms with Crippen LogP contribution in [0, 0.1) is 18.1 Å². The van der Waals surface area contributed by atoms with Crippen molar-refractivity contribution in [2.24, 2.45) is 0 Å². The average Bonchev–Trinajstić information content (AvgIpc) is 2.85. The topological polar surface area (TPSA) is 89.8 Å². The van der Waals surface area contributed by atoms with Crippen LogP contribution < -0.4 is 4.72 Å². The molecular weight excluding hydrogens is 335 g/mol. The Morgan fingerprint density at radius 1 is 1.30 bits per heavy atom. The van der Waals surface area contributed by atoms with Gasteiger partial charge in [0.2, 0.25) is 0 Å². The number of aryl methyl sites for hydroxylation is 1. The highest BCUT2D eigenvalue weighted by atomic mass is 32.2. The van der Waals surface area contributed by atoms with Gasteiger partial charge in [0.15, 0.2) is 0 Å². The molecule has 2 heterocycles. The van der Waals surface area contributed by atoms with E-state index in [0.29, 0.717) is 11.4 Å². The second-order valence-electron chi connectivity index (χ2n) is 4.34. The first-order valence-electron chi connectivity index (χ1n) is 6.07. The van der Waals surface area contributed by atoms with Crippen LogP contribution in [0.5, 0.6) is 0 Å². The summed E-state index contributed by atoms with van der Waals surface area (Å²) < 4.78 is 61.6. The van der Waals surface area contributed by atoms with Crippen molar-refractivity contribution in [2.45, 2.75) is 13.1 Å². The van der Waals surface area contributed by atoms with E-state index in [2.05, 4.69) is 21.0 Å². The molecule has 0 saturated carbocycles. The molecule has 0 amide bonds. The Kier molecular flexibility index (Phi) is 4.67. The zero-order chi connectivity index (χ0) is 17.1. The molecule has 0 aliphatic carbocycles. The van der Waals surface area contributed by atoms with Gasteiger partial charge in [-0.05, 0) is 12.8 Å². The molecule has 0 bridgehead atoms. The zero-order valence-corrected chi connectivity index (χ0v) is 12.5. The van der Waals surface area contributed by atoms with Crippen molar-refractivity contribution in [3.8, 4) is 16.9 Å². The van der Waals surface area contributed by atoms with E-state index in [-0.39, 0.29) is 5.56 Å². The lowest BCUT2D eigenvalue weighted by molar-refractivity contribution is -0.121. The molecule has 0 saturated heterocycles. The number of nitrogens with one attached hydrogen (secondary N) is 1. The van der Waals surface area contributed by atoms with Crippen LogP contribution in [-0.2, 0) is 10.0 Å². The van der Waals surface area contributed by atoms with Gasteiger partial charge in [-0.3, -0.25) is 0 Å². The molecule has 122 valence electrons. The highest BCUT2D eigenvalue weighted by Crippen LogP contribution is 2.13. The van der Waals surface area contributed by atoms with Gasteiger partial charge in [0.25, 0.3) is 10.0 Å². The number of rotatable bonds is 3. The Morgan fingerprint density at radius 2 is 1.96 bits per heavy atom. The maximum absolute atomic E-state index is 12.0. The minimum absolute atomic E-state index is 0.256. The smallest absolute Gasteiger partial charge is 0.243 e. The van der Waals surface area contributed by atoms with Gasteiger partial charge in [0.1, 0.15) is 18.6 Å². The van der Waals surface area contributed by atoms with Crippen molar-refractivity contribution in [3.63, 3.8) is 0 Å². The van der Waals surface area contributed by atoms with E-state index >= 15 is 0 Å². The summed E-state index contributed by atoms with van der Waals surface area (Å²) in [7, 11) is -4.38. The maximum Gasteiger partial charge on any atom is 0.402 e. The van der Waals surface area contributed by atoms with Crippen LogP contribution in [0.2, 0.25) is 0 Å². The summed E-state index contributed by atoms with van der Waals surface area (Å²) >= 11 is 0. The number of alkyl halides is 3. The van der Waals surface area contributed by atoms with Crippen molar-refractivity contribution < 1.29 is 21.6 Å². The molecule has 23 heavy (non-hydrogen) atoms. The highest BCUT2D eigenvalue weighted by molar-refractivity contribution is 7.94. The number of aromatic nitrogens is 4. The maximum atomic E-state index is 12.0. The van der Waals surface area contributed by atoms with Gasteiger partial charge in [-0.1, -0.05) is 0 Å². The number of hydrogen-bond donors (Lipinski definition) is 1. The molecule has 2 aromatic heterocycles. The summed E-state index contributed by atoms with van der Waals surface area (Å²) in [6, 6.07) is 0. The molecule has 0 aromatic carbocycles. The quantitative estimate of drug-likeness (QED) is 0.830. The standard InChI is InChI=1S/C12H10F3N5O2S/c1-9-10(2-3-23(21,22)18-7-12(13,14)15)6-20(19-9)11-4-16-8-17-5-11/h4-6,8,18H,7H2,1H3. The van der Waals surface area contributed by atoms with Gasteiger partial charge >= 0.3 is 6.18 Å². The predicted octanol–water partition coefficient (Wildman–Crippen LogP) is 0.761. The predicted molar refractivity (Wildman–Crippen MR) is 73.7 cm³/mol. The van der Waals surface area contributed by atoms with E-state index in [1.54, 1.807) is 12.2 Å². The van der Waals surface area contributed by atoms with Gasteiger partial charge in [0, 0.05) is 11.4 Å². The first kappa shape index (κ1) is 16.9. The van der Waals surface area contributed by atoms with Crippen molar-refractivity contribution in [3.05, 3.63) is 36.2 Å². The lowest BCUT2D eigenvalue weighted by Gasteiger charge is -2.04. The highest BCUT2D eigenvalue weighted by Gasteiger charge is 2.28. The Balaban J connectivity index is 2.20. The van der Waals surface area contributed by atoms with Crippen molar-refractivity contribution in [2.75, 3.05) is 6.54 Å². The monoisotopic (exact) mass is 345 g/mol. The van der Waals surface area contributed by atoms with Crippen LogP contribution >= 0.6 is 0 Å². The molecular formula is C12H10F3N5O2S. The third-order valence-corrected chi connectivity index (χ3v) is 3.39. The third kappa shape index (κ3) is 5.04. The molecule has 0 unspecified atom stereocenters. The molecule has 2 aromatic rings. The first-order valence-corrected chi connectivity index (χ1v) is 7.55. The molecule has 0 aliphatic heterocycles. The van der Waals surface area contributed by atoms with E-state index < -0.39 is 22.7 Å². The number of halogens is 3. The summed E-state index contributed by atoms with van der Waals surface area (Å²) in [4.78, 5) is 7.62. The SMILES string of the molecule is Cc1nn(-c2cncnc2)cc1C#CS(=O)(=O)NCC(F)(F)F. The zero-order valence-electron chi connectivity index (χ0n) is 11.7. The van der Waals surface area contributed by atoms with E-state index in [4.69, 9.17) is 0 Å². The van der Waals surface area contributed by atoms with E-state index in [9.17, 15) is 21.6 Å². The van der Waals surface area contributed by atoms with E-state index in [1.807, 2.05) is 0 Å². The van der Waals surface area contributed by atoms with Gasteiger partial charge in [-0.25, -0.2) is 14.6 Å². The van der Waals surface area contributed by atoms with Crippen LogP contribution in [0.15, 0.2) is 24.9 Å². The second-order valence-corrected chi connectivity index (χ2v) is 5.84. The fraction of sp³-hybridized carbons (Fsp3) is 0.250. The van der Waals surface area contributed by atoms with E-state index in [1.165, 1.54) is 34.3 Å². The fourth-order valence-corrected chi connectivity index (χ4v) is 2.13. The summed E-state index contributed by atoms with van der Waals surface area (Å²) in [5.74, 6) is 2.29. The van der Waals surface area contributed by atoms with Gasteiger partial charge in [0.05, 0.1) is 23.7 Å². The molecule has 11 heteroatoms. The fourth-order valence-electron chi connectivity index (χ4n) is 1.46. The van der Waals surface area contributed by atoms with Crippen molar-refractivity contribution in [1.29, 1.82) is 0 Å². The lowest BCUT2D eigenvalue weighted by Crippen LogP contribution is -2.32. The summed E-state index contributed by atoms with van der Waals surface area (Å²) in [6.45, 7) is -0.0936. The molecule has 2 rings (SSSR count). The molecule has 7 nitrogen and oxygen atoms in total. The third-order valence-electron chi connectivity index (χ3n) is 2.49. The number of hydrogen-bond acceptors (Lipinski definition) is 5. The van der Waals surface area contributed by atoms with Crippen LogP contribution in [0.3, 0.4) is 0 Å². The van der Waals surface area contributed by atoms with Gasteiger partial charge in [-0.15, -0.1) is 0 Å². The minimum atomic E-state index is -4.65. The average molecular weight is 345 g/mol. The summed E-state index contributed by atoms with van der Waals surface area (Å²) in [5, 5.41) is 5.89. The Hall–Kier alpha value is -2.45. The van der Waals surface area contributed by atoms with Crippen LogP contribution in [0.1, 0.15) is 11.3 Å². The Labute approximate surface area is 129 Å². The first-order chi connectivity index (χ1) is 10.7. The summed E-state index contributed by atoms with van der Waals surface area (Å²) in [5.41, 5.74) is 1.19. The van der Waals surface area contributed by atoms with Crippen molar-refractivity contribution in [1.82, 2.24) is 24.5 Å². The van der Waals surface area contributed by atoms with Crippen molar-refractivity contribution >= 4 is 10.0 Å². The van der Waals surface area contributed by atoms with Gasteiger partial charge in [-0.2, -0.15) is 31.4 Å². The minimum Gasteiger partial charge on any atom is -0.243 e. The second kappa shape index (κ2) is 6.35. The molecule has 0 atom stereocenters. The molecule has 0 aliphatic rings. The molecule has 0 fully saturated rings. The van der Waals surface area contributed by atoms with Gasteiger partial charge < -0.3 is 0 Å². The normalized spacial score (nSPS) is 11.8. The van der Waals surface area contributed by atoms with Crippen LogP contribution in [0.25, 0.3) is 5.69 Å². The molecule has 1 N–H and O–H groups in total. The summed E-state index contributed by atoms with van der Waals surface area (Å²) in [6.07, 6.45) is 1.08. The number of nitrogens with zero attached hydrogens (tertiary/aromatic N) is 4. The van der Waals surface area contributed by atoms with Crippen LogP contribution in [-0.4, -0.2) is 40.9 Å². The Morgan fingerprint density at radius 3 is 2.57 bits per heavy atom. The number of sulfonamides is 1. The lowest BCUT2D eigenvalue weighted by atomic mass is 10.3. The molecule has 0 radical (unpaired) electrons. The molecule has 0 spiro atoms. The van der Waals surface area contributed by atoms with E-state index in [0.717, 1.165) is 0 Å². The largest absolute Gasteiger partial charge is 0.402 e. The van der Waals surface area contributed by atoms with Crippen LogP contribution in [0.4, 0.5) is 13.2 Å².